The molecule has 4 aromatic rings. The molecule has 0 bridgehead atoms. The molecule has 1 aliphatic rings. The second-order valence-corrected chi connectivity index (χ2v) is 9.82. The van der Waals surface area contributed by atoms with Crippen LogP contribution in [0.15, 0.2) is 77.2 Å². The first-order chi connectivity index (χ1) is 16.6. The Hall–Kier alpha value is -2.47. The second kappa shape index (κ2) is 10.4. The van der Waals surface area contributed by atoms with Crippen LogP contribution in [0.1, 0.15) is 17.4 Å². The van der Waals surface area contributed by atoms with Crippen LogP contribution in [-0.2, 0) is 16.2 Å². The zero-order chi connectivity index (χ0) is 23.5. The molecule has 3 heterocycles. The van der Waals surface area contributed by atoms with E-state index in [9.17, 15) is 15.3 Å². The molecule has 0 aliphatic carbocycles. The lowest BCUT2D eigenvalue weighted by Crippen LogP contribution is -2.33. The van der Waals surface area contributed by atoms with Crippen molar-refractivity contribution in [2.24, 2.45) is 0 Å². The maximum absolute atomic E-state index is 10.5. The number of ether oxygens (including phenoxy) is 1. The first kappa shape index (κ1) is 23.3. The van der Waals surface area contributed by atoms with Gasteiger partial charge in [0.25, 0.3) is 0 Å². The molecule has 4 atom stereocenters. The Bertz CT molecular complexity index is 1240. The van der Waals surface area contributed by atoms with Gasteiger partial charge >= 0.3 is 0 Å². The van der Waals surface area contributed by atoms with Gasteiger partial charge in [-0.1, -0.05) is 84.2 Å². The SMILES string of the molecule is OC[C@H]1O[C@@H](n2cnc3c(SCc4ccccc4)nc(SCc4ccccc4)nc32)[C@H](O)[C@@H]1O. The fourth-order valence-corrected chi connectivity index (χ4v) is 5.56. The fourth-order valence-electron chi connectivity index (χ4n) is 3.78. The van der Waals surface area contributed by atoms with Gasteiger partial charge in [0, 0.05) is 11.5 Å². The van der Waals surface area contributed by atoms with Gasteiger partial charge in [0.1, 0.15) is 28.9 Å². The largest absolute Gasteiger partial charge is 0.394 e. The average molecular weight is 497 g/mol. The quantitative estimate of drug-likeness (QED) is 0.192. The molecule has 2 aromatic carbocycles. The predicted molar refractivity (Wildman–Crippen MR) is 130 cm³/mol. The van der Waals surface area contributed by atoms with E-state index < -0.39 is 31.1 Å². The summed E-state index contributed by atoms with van der Waals surface area (Å²) < 4.78 is 7.34. The van der Waals surface area contributed by atoms with E-state index in [1.165, 1.54) is 23.7 Å². The van der Waals surface area contributed by atoms with Gasteiger partial charge in [-0.3, -0.25) is 4.57 Å². The summed E-state index contributed by atoms with van der Waals surface area (Å²) in [5, 5.41) is 31.6. The van der Waals surface area contributed by atoms with Crippen molar-refractivity contribution in [2.75, 3.05) is 6.61 Å². The van der Waals surface area contributed by atoms with Gasteiger partial charge in [-0.05, 0) is 11.1 Å². The number of nitrogens with zero attached hydrogens (tertiary/aromatic N) is 4. The summed E-state index contributed by atoms with van der Waals surface area (Å²) in [6.07, 6.45) is -2.67. The van der Waals surface area contributed by atoms with Gasteiger partial charge in [0.2, 0.25) is 0 Å². The zero-order valence-electron chi connectivity index (χ0n) is 18.1. The first-order valence-electron chi connectivity index (χ1n) is 10.8. The Morgan fingerprint density at radius 2 is 1.50 bits per heavy atom. The molecule has 1 fully saturated rings. The van der Waals surface area contributed by atoms with E-state index in [2.05, 4.69) is 29.2 Å². The number of fused-ring (bicyclic) bond motifs is 1. The number of aliphatic hydroxyl groups excluding tert-OH is 3. The Labute approximate surface area is 205 Å². The predicted octanol–water partition coefficient (Wildman–Crippen LogP) is 3.02. The minimum absolute atomic E-state index is 0.396. The standard InChI is InChI=1S/C24H24N4O4S2/c29-11-17-19(30)20(31)23(32-17)28-14-25-18-21(28)26-24(34-13-16-9-5-2-6-10-16)27-22(18)33-12-15-7-3-1-4-8-15/h1-10,14,17,19-20,23,29-31H,11-13H2/t17-,19-,20-,23-/m1/s1. The molecule has 176 valence electrons. The number of imidazole rings is 1. The van der Waals surface area contributed by atoms with Crippen LogP contribution in [0.2, 0.25) is 0 Å². The average Bonchev–Trinajstić information content (AvgIpc) is 3.43. The van der Waals surface area contributed by atoms with Crippen molar-refractivity contribution < 1.29 is 20.1 Å². The molecule has 34 heavy (non-hydrogen) atoms. The van der Waals surface area contributed by atoms with E-state index in [0.29, 0.717) is 22.1 Å². The third kappa shape index (κ3) is 4.83. The van der Waals surface area contributed by atoms with Crippen LogP contribution in [0.3, 0.4) is 0 Å². The molecule has 10 heteroatoms. The van der Waals surface area contributed by atoms with Crippen molar-refractivity contribution in [3.8, 4) is 0 Å². The number of hydrogen-bond acceptors (Lipinski definition) is 9. The van der Waals surface area contributed by atoms with Gasteiger partial charge in [-0.2, -0.15) is 0 Å². The smallest absolute Gasteiger partial charge is 0.191 e. The highest BCUT2D eigenvalue weighted by molar-refractivity contribution is 7.99. The van der Waals surface area contributed by atoms with E-state index in [0.717, 1.165) is 16.3 Å². The molecule has 0 spiro atoms. The number of thioether (sulfide) groups is 2. The van der Waals surface area contributed by atoms with Gasteiger partial charge in [0.15, 0.2) is 17.0 Å². The topological polar surface area (TPSA) is 114 Å². The van der Waals surface area contributed by atoms with Crippen molar-refractivity contribution in [3.05, 3.63) is 78.1 Å². The molecule has 2 aromatic heterocycles. The number of hydrogen-bond donors (Lipinski definition) is 3. The molecule has 1 aliphatic heterocycles. The van der Waals surface area contributed by atoms with E-state index in [1.54, 1.807) is 16.3 Å². The highest BCUT2D eigenvalue weighted by atomic mass is 32.2. The van der Waals surface area contributed by atoms with Crippen molar-refractivity contribution in [1.29, 1.82) is 0 Å². The minimum atomic E-state index is -1.22. The van der Waals surface area contributed by atoms with Crippen LogP contribution in [0.4, 0.5) is 0 Å². The van der Waals surface area contributed by atoms with Gasteiger partial charge < -0.3 is 20.1 Å². The monoisotopic (exact) mass is 496 g/mol. The molecule has 0 unspecified atom stereocenters. The van der Waals surface area contributed by atoms with E-state index in [-0.39, 0.29) is 0 Å². The Morgan fingerprint density at radius 1 is 0.853 bits per heavy atom. The summed E-state index contributed by atoms with van der Waals surface area (Å²) in [6.45, 7) is -0.396. The second-order valence-electron chi connectivity index (χ2n) is 7.91. The molecule has 0 saturated carbocycles. The third-order valence-electron chi connectivity index (χ3n) is 5.59. The highest BCUT2D eigenvalue weighted by Crippen LogP contribution is 2.35. The van der Waals surface area contributed by atoms with Crippen molar-refractivity contribution >= 4 is 34.7 Å². The number of aliphatic hydroxyl groups is 3. The summed E-state index contributed by atoms with van der Waals surface area (Å²) in [5.41, 5.74) is 3.44. The fraction of sp³-hybridized carbons (Fsp3) is 0.292. The van der Waals surface area contributed by atoms with Gasteiger partial charge in [-0.15, -0.1) is 0 Å². The van der Waals surface area contributed by atoms with Crippen molar-refractivity contribution in [1.82, 2.24) is 19.5 Å². The summed E-state index contributed by atoms with van der Waals surface area (Å²) in [5.74, 6) is 1.42. The maximum atomic E-state index is 10.5. The van der Waals surface area contributed by atoms with Gasteiger partial charge in [0.05, 0.1) is 12.9 Å². The molecule has 0 amide bonds. The van der Waals surface area contributed by atoms with E-state index in [1.807, 2.05) is 36.4 Å². The van der Waals surface area contributed by atoms with Crippen LogP contribution in [0.5, 0.6) is 0 Å². The van der Waals surface area contributed by atoms with Crippen LogP contribution >= 0.6 is 23.5 Å². The maximum Gasteiger partial charge on any atom is 0.191 e. The molecule has 1 saturated heterocycles. The van der Waals surface area contributed by atoms with Crippen molar-refractivity contribution in [2.45, 2.75) is 46.2 Å². The Kier molecular flexibility index (Phi) is 7.14. The molecular weight excluding hydrogens is 472 g/mol. The molecular formula is C24H24N4O4S2. The number of rotatable bonds is 8. The first-order valence-corrected chi connectivity index (χ1v) is 12.8. The van der Waals surface area contributed by atoms with E-state index >= 15 is 0 Å². The lowest BCUT2D eigenvalue weighted by Gasteiger charge is -2.17. The summed E-state index contributed by atoms with van der Waals surface area (Å²) in [6, 6.07) is 20.2. The summed E-state index contributed by atoms with van der Waals surface area (Å²) >= 11 is 3.08. The highest BCUT2D eigenvalue weighted by Gasteiger charge is 2.44. The van der Waals surface area contributed by atoms with Crippen molar-refractivity contribution in [3.63, 3.8) is 0 Å². The van der Waals surface area contributed by atoms with Crippen LogP contribution < -0.4 is 0 Å². The summed E-state index contributed by atoms with van der Waals surface area (Å²) in [7, 11) is 0. The zero-order valence-corrected chi connectivity index (χ0v) is 19.8. The molecule has 5 rings (SSSR count). The molecule has 0 radical (unpaired) electrons. The third-order valence-corrected chi connectivity index (χ3v) is 7.54. The number of aromatic nitrogens is 4. The van der Waals surface area contributed by atoms with Crippen LogP contribution in [-0.4, -0.2) is 59.8 Å². The lowest BCUT2D eigenvalue weighted by atomic mass is 10.1. The molecule has 3 N–H and O–H groups in total. The summed E-state index contributed by atoms with van der Waals surface area (Å²) in [4.78, 5) is 14.0. The lowest BCUT2D eigenvalue weighted by molar-refractivity contribution is -0.0511. The van der Waals surface area contributed by atoms with Gasteiger partial charge in [-0.25, -0.2) is 15.0 Å². The number of benzene rings is 2. The van der Waals surface area contributed by atoms with Crippen LogP contribution in [0, 0.1) is 0 Å². The molecule has 8 nitrogen and oxygen atoms in total. The van der Waals surface area contributed by atoms with Crippen LogP contribution in [0.25, 0.3) is 11.2 Å². The van der Waals surface area contributed by atoms with E-state index in [4.69, 9.17) is 14.7 Å². The normalized spacial score (nSPS) is 22.4. The minimum Gasteiger partial charge on any atom is -0.394 e. The Morgan fingerprint density at radius 3 is 2.12 bits per heavy atom. The Balaban J connectivity index is 1.49.